The minimum atomic E-state index is -4.68. The lowest BCUT2D eigenvalue weighted by atomic mass is 10.00. The molecule has 0 aliphatic carbocycles. The van der Waals surface area contributed by atoms with Gasteiger partial charge < -0.3 is 19.5 Å². The molecule has 3 heterocycles. The third-order valence-electron chi connectivity index (χ3n) is 5.54. The average Bonchev–Trinajstić information content (AvgIpc) is 2.85. The molecule has 11 heteroatoms. The number of ether oxygens (including phenoxy) is 1. The van der Waals surface area contributed by atoms with Gasteiger partial charge in [-0.05, 0) is 36.4 Å². The van der Waals surface area contributed by atoms with Crippen LogP contribution in [0.5, 0.6) is 0 Å². The van der Waals surface area contributed by atoms with Crippen LogP contribution in [-0.4, -0.2) is 41.8 Å². The number of halogens is 3. The van der Waals surface area contributed by atoms with Crippen LogP contribution in [0.25, 0.3) is 11.1 Å². The number of carbonyl (C=O) groups excluding carboxylic acids is 1. The Labute approximate surface area is 198 Å². The lowest BCUT2D eigenvalue weighted by Crippen LogP contribution is -2.40. The second kappa shape index (κ2) is 9.60. The van der Waals surface area contributed by atoms with Gasteiger partial charge in [0.25, 0.3) is 11.5 Å². The molecule has 1 saturated heterocycles. The number of aryl methyl sites for hydroxylation is 1. The molecule has 180 valence electrons. The topological polar surface area (TPSA) is 100 Å². The number of nitriles is 1. The van der Waals surface area contributed by atoms with Crippen molar-refractivity contribution in [1.82, 2.24) is 9.55 Å². The van der Waals surface area contributed by atoms with Gasteiger partial charge in [-0.1, -0.05) is 0 Å². The second-order valence-electron chi connectivity index (χ2n) is 7.88. The van der Waals surface area contributed by atoms with Gasteiger partial charge in [-0.25, -0.2) is 0 Å². The second-order valence-corrected chi connectivity index (χ2v) is 7.88. The van der Waals surface area contributed by atoms with Gasteiger partial charge in [0.1, 0.15) is 11.4 Å². The van der Waals surface area contributed by atoms with Crippen LogP contribution in [0.2, 0.25) is 0 Å². The number of benzene rings is 1. The fourth-order valence-electron chi connectivity index (χ4n) is 3.76. The molecule has 3 aromatic rings. The van der Waals surface area contributed by atoms with Gasteiger partial charge in [-0.2, -0.15) is 18.4 Å². The van der Waals surface area contributed by atoms with Gasteiger partial charge in [0.05, 0.1) is 24.8 Å². The highest BCUT2D eigenvalue weighted by molar-refractivity contribution is 6.04. The molecule has 1 aliphatic heterocycles. The summed E-state index contributed by atoms with van der Waals surface area (Å²) in [7, 11) is 1.61. The molecule has 0 radical (unpaired) electrons. The smallest absolute Gasteiger partial charge is 0.378 e. The maximum Gasteiger partial charge on any atom is 0.433 e. The van der Waals surface area contributed by atoms with Crippen molar-refractivity contribution >= 4 is 17.3 Å². The van der Waals surface area contributed by atoms with E-state index < -0.39 is 17.8 Å². The van der Waals surface area contributed by atoms with E-state index in [0.717, 1.165) is 6.20 Å². The number of rotatable bonds is 4. The van der Waals surface area contributed by atoms with Crippen molar-refractivity contribution in [2.75, 3.05) is 36.5 Å². The van der Waals surface area contributed by atoms with Crippen molar-refractivity contribution in [1.29, 1.82) is 5.26 Å². The first-order valence-electron chi connectivity index (χ1n) is 10.6. The standard InChI is InChI=1S/C24H20F3N5O3/c1-31-14-17(10-20(23(31)34)32-6-8-35-9-7-32)19-12-18(3-2-16(19)13-28)30-22(33)15-4-5-29-21(11-15)24(25,26)27/h2-5,10-12,14H,6-9H2,1H3,(H,30,33). The molecule has 1 fully saturated rings. The monoisotopic (exact) mass is 483 g/mol. The van der Waals surface area contributed by atoms with E-state index >= 15 is 0 Å². The summed E-state index contributed by atoms with van der Waals surface area (Å²) in [5.74, 6) is -0.761. The summed E-state index contributed by atoms with van der Waals surface area (Å²) < 4.78 is 45.6. The van der Waals surface area contributed by atoms with Crippen molar-refractivity contribution in [2.24, 2.45) is 7.05 Å². The van der Waals surface area contributed by atoms with Crippen LogP contribution >= 0.6 is 0 Å². The van der Waals surface area contributed by atoms with Crippen molar-refractivity contribution in [2.45, 2.75) is 6.18 Å². The Balaban J connectivity index is 1.69. The largest absolute Gasteiger partial charge is 0.433 e. The highest BCUT2D eigenvalue weighted by Gasteiger charge is 2.33. The third-order valence-corrected chi connectivity index (χ3v) is 5.54. The summed E-state index contributed by atoms with van der Waals surface area (Å²) in [5.41, 5.74) is 0.487. The Hall–Kier alpha value is -4.17. The predicted octanol–water partition coefficient (Wildman–Crippen LogP) is 3.43. The van der Waals surface area contributed by atoms with E-state index in [2.05, 4.69) is 16.4 Å². The molecule has 0 atom stereocenters. The number of hydrogen-bond donors (Lipinski definition) is 1. The average molecular weight is 483 g/mol. The lowest BCUT2D eigenvalue weighted by Gasteiger charge is -2.28. The van der Waals surface area contributed by atoms with Crippen LogP contribution in [0.3, 0.4) is 0 Å². The number of aromatic nitrogens is 2. The molecule has 0 unspecified atom stereocenters. The number of morpholine rings is 1. The molecule has 2 aromatic heterocycles. The van der Waals surface area contributed by atoms with Gasteiger partial charge in [0, 0.05) is 54.9 Å². The normalized spacial score (nSPS) is 13.9. The van der Waals surface area contributed by atoms with E-state index in [1.165, 1.54) is 22.8 Å². The minimum absolute atomic E-state index is 0.197. The molecular formula is C24H20F3N5O3. The molecule has 0 spiro atoms. The molecule has 1 N–H and O–H groups in total. The summed E-state index contributed by atoms with van der Waals surface area (Å²) in [6.07, 6.45) is -2.18. The number of carbonyl (C=O) groups is 1. The zero-order valence-electron chi connectivity index (χ0n) is 18.6. The number of anilines is 2. The first kappa shape index (κ1) is 24.0. The van der Waals surface area contributed by atoms with Gasteiger partial charge in [-0.15, -0.1) is 0 Å². The summed E-state index contributed by atoms with van der Waals surface area (Å²) in [4.78, 5) is 30.5. The van der Waals surface area contributed by atoms with Crippen LogP contribution in [0, 0.1) is 11.3 Å². The van der Waals surface area contributed by atoms with E-state index in [1.54, 1.807) is 25.4 Å². The van der Waals surface area contributed by atoms with E-state index in [9.17, 15) is 28.0 Å². The van der Waals surface area contributed by atoms with Crippen molar-refractivity contribution in [3.8, 4) is 17.2 Å². The highest BCUT2D eigenvalue weighted by Crippen LogP contribution is 2.30. The molecule has 35 heavy (non-hydrogen) atoms. The molecular weight excluding hydrogens is 463 g/mol. The van der Waals surface area contributed by atoms with E-state index in [1.807, 2.05) is 4.90 Å². The Morgan fingerprint density at radius 3 is 2.60 bits per heavy atom. The molecule has 1 aromatic carbocycles. The van der Waals surface area contributed by atoms with Crippen LogP contribution < -0.4 is 15.8 Å². The predicted molar refractivity (Wildman–Crippen MR) is 122 cm³/mol. The zero-order chi connectivity index (χ0) is 25.2. The van der Waals surface area contributed by atoms with Crippen LogP contribution in [-0.2, 0) is 18.0 Å². The summed E-state index contributed by atoms with van der Waals surface area (Å²) in [6.45, 7) is 2.07. The first-order chi connectivity index (χ1) is 16.7. The highest BCUT2D eigenvalue weighted by atomic mass is 19.4. The number of nitrogens with zero attached hydrogens (tertiary/aromatic N) is 4. The number of amides is 1. The van der Waals surface area contributed by atoms with E-state index in [4.69, 9.17) is 4.74 Å². The number of nitrogens with one attached hydrogen (secondary N) is 1. The van der Waals surface area contributed by atoms with E-state index in [-0.39, 0.29) is 16.8 Å². The molecule has 8 nitrogen and oxygen atoms in total. The van der Waals surface area contributed by atoms with Gasteiger partial charge in [0.2, 0.25) is 0 Å². The Morgan fingerprint density at radius 2 is 1.91 bits per heavy atom. The summed E-state index contributed by atoms with van der Waals surface area (Å²) in [5, 5.41) is 12.2. The Morgan fingerprint density at radius 1 is 1.17 bits per heavy atom. The minimum Gasteiger partial charge on any atom is -0.378 e. The third kappa shape index (κ3) is 5.17. The number of alkyl halides is 3. The molecule has 1 amide bonds. The van der Waals surface area contributed by atoms with Crippen molar-refractivity contribution < 1.29 is 22.7 Å². The van der Waals surface area contributed by atoms with Crippen LogP contribution in [0.15, 0.2) is 53.6 Å². The summed E-state index contributed by atoms with van der Waals surface area (Å²) >= 11 is 0. The molecule has 4 rings (SSSR count). The maximum absolute atomic E-state index is 13.0. The molecule has 0 bridgehead atoms. The number of hydrogen-bond acceptors (Lipinski definition) is 6. The Kier molecular flexibility index (Phi) is 6.57. The zero-order valence-corrected chi connectivity index (χ0v) is 18.6. The molecule has 0 saturated carbocycles. The van der Waals surface area contributed by atoms with E-state index in [0.29, 0.717) is 54.7 Å². The SMILES string of the molecule is Cn1cc(-c2cc(NC(=O)c3ccnc(C(F)(F)F)c3)ccc2C#N)cc(N2CCOCC2)c1=O. The van der Waals surface area contributed by atoms with Crippen molar-refractivity contribution in [3.05, 3.63) is 76.0 Å². The lowest BCUT2D eigenvalue weighted by molar-refractivity contribution is -0.141. The van der Waals surface area contributed by atoms with Crippen LogP contribution in [0.1, 0.15) is 21.6 Å². The Bertz CT molecular complexity index is 1370. The molecule has 1 aliphatic rings. The van der Waals surface area contributed by atoms with Gasteiger partial charge >= 0.3 is 6.18 Å². The summed E-state index contributed by atoms with van der Waals surface area (Å²) in [6, 6.07) is 10.2. The van der Waals surface area contributed by atoms with Gasteiger partial charge in [0.15, 0.2) is 0 Å². The maximum atomic E-state index is 13.0. The number of pyridine rings is 2. The van der Waals surface area contributed by atoms with Crippen molar-refractivity contribution in [3.63, 3.8) is 0 Å². The first-order valence-corrected chi connectivity index (χ1v) is 10.6. The van der Waals surface area contributed by atoms with Gasteiger partial charge in [-0.3, -0.25) is 14.6 Å². The fraction of sp³-hybridized carbons (Fsp3) is 0.250. The van der Waals surface area contributed by atoms with Crippen LogP contribution in [0.4, 0.5) is 24.5 Å². The fourth-order valence-corrected chi connectivity index (χ4v) is 3.76. The quantitative estimate of drug-likeness (QED) is 0.611.